The molecule has 134 valence electrons. The molecule has 0 bridgehead atoms. The van der Waals surface area contributed by atoms with Crippen LogP contribution in [0.4, 0.5) is 0 Å². The van der Waals surface area contributed by atoms with Gasteiger partial charge in [-0.05, 0) is 36.6 Å². The molecule has 5 heteroatoms. The number of carbonyl (C=O) groups excluding carboxylic acids is 1. The number of nitrogens with zero attached hydrogens (tertiary/aromatic N) is 1. The fraction of sp³-hybridized carbons (Fsp3) is 0.286. The minimum atomic E-state index is 0.0168. The van der Waals surface area contributed by atoms with Crippen molar-refractivity contribution in [2.75, 3.05) is 13.1 Å². The third-order valence-electron chi connectivity index (χ3n) is 4.82. The Balaban J connectivity index is 1.49. The maximum atomic E-state index is 12.7. The van der Waals surface area contributed by atoms with Crippen LogP contribution in [0.2, 0.25) is 0 Å². The summed E-state index contributed by atoms with van der Waals surface area (Å²) in [6, 6.07) is 17.9. The van der Waals surface area contributed by atoms with Gasteiger partial charge in [0.1, 0.15) is 18.1 Å². The van der Waals surface area contributed by atoms with Gasteiger partial charge in [-0.15, -0.1) is 0 Å². The Kier molecular flexibility index (Phi) is 4.63. The number of amides is 1. The summed E-state index contributed by atoms with van der Waals surface area (Å²) in [5, 5.41) is 1.00. The van der Waals surface area contributed by atoms with Crippen LogP contribution in [-0.2, 0) is 6.61 Å². The maximum absolute atomic E-state index is 12.7. The molecule has 3 N–H and O–H groups in total. The average molecular weight is 349 g/mol. The van der Waals surface area contributed by atoms with Crippen molar-refractivity contribution >= 4 is 16.8 Å². The molecule has 0 spiro atoms. The summed E-state index contributed by atoms with van der Waals surface area (Å²) < 4.78 is 5.87. The van der Waals surface area contributed by atoms with Crippen LogP contribution in [0.1, 0.15) is 28.9 Å². The number of likely N-dealkylation sites (tertiary alicyclic amines) is 1. The summed E-state index contributed by atoms with van der Waals surface area (Å²) >= 11 is 0. The molecule has 1 fully saturated rings. The van der Waals surface area contributed by atoms with E-state index in [-0.39, 0.29) is 11.9 Å². The van der Waals surface area contributed by atoms with Crippen molar-refractivity contribution in [2.24, 2.45) is 5.73 Å². The number of piperidine rings is 1. The van der Waals surface area contributed by atoms with E-state index in [4.69, 9.17) is 10.5 Å². The van der Waals surface area contributed by atoms with E-state index in [0.29, 0.717) is 18.8 Å². The van der Waals surface area contributed by atoms with E-state index in [1.807, 2.05) is 59.5 Å². The van der Waals surface area contributed by atoms with Gasteiger partial charge in [-0.3, -0.25) is 4.79 Å². The van der Waals surface area contributed by atoms with Crippen LogP contribution in [0, 0.1) is 0 Å². The van der Waals surface area contributed by atoms with Crippen molar-refractivity contribution in [3.8, 4) is 5.75 Å². The molecule has 1 aliphatic rings. The van der Waals surface area contributed by atoms with Gasteiger partial charge in [-0.25, -0.2) is 0 Å². The number of hydrogen-bond acceptors (Lipinski definition) is 3. The second-order valence-electron chi connectivity index (χ2n) is 6.86. The standard InChI is InChI=1S/C21H23N3O2/c22-17-7-4-10-24(13-17)21(25)20-11-16-8-9-18(12-19(16)23-20)26-14-15-5-2-1-3-6-15/h1-3,5-6,8-9,11-12,17,23H,4,7,10,13-14,22H2. The van der Waals surface area contributed by atoms with Gasteiger partial charge in [0.2, 0.25) is 0 Å². The van der Waals surface area contributed by atoms with Gasteiger partial charge in [0.25, 0.3) is 5.91 Å². The molecular formula is C21H23N3O2. The number of aromatic nitrogens is 1. The summed E-state index contributed by atoms with van der Waals surface area (Å²) in [7, 11) is 0. The molecule has 0 radical (unpaired) electrons. The normalized spacial score (nSPS) is 17.4. The lowest BCUT2D eigenvalue weighted by molar-refractivity contribution is 0.0704. The molecule has 4 rings (SSSR count). The van der Waals surface area contributed by atoms with Crippen molar-refractivity contribution in [3.05, 3.63) is 65.9 Å². The molecule has 0 saturated carbocycles. The minimum absolute atomic E-state index is 0.0168. The smallest absolute Gasteiger partial charge is 0.270 e. The number of ether oxygens (including phenoxy) is 1. The number of nitrogens with one attached hydrogen (secondary N) is 1. The van der Waals surface area contributed by atoms with E-state index in [1.54, 1.807) is 0 Å². The monoisotopic (exact) mass is 349 g/mol. The van der Waals surface area contributed by atoms with Crippen LogP contribution in [-0.4, -0.2) is 34.9 Å². The van der Waals surface area contributed by atoms with E-state index in [0.717, 1.165) is 41.6 Å². The van der Waals surface area contributed by atoms with Gasteiger partial charge >= 0.3 is 0 Å². The van der Waals surface area contributed by atoms with Crippen molar-refractivity contribution in [1.29, 1.82) is 0 Å². The fourth-order valence-electron chi connectivity index (χ4n) is 3.42. The van der Waals surface area contributed by atoms with Crippen molar-refractivity contribution < 1.29 is 9.53 Å². The van der Waals surface area contributed by atoms with E-state index in [2.05, 4.69) is 4.98 Å². The predicted molar refractivity (Wildman–Crippen MR) is 102 cm³/mol. The molecule has 1 amide bonds. The van der Waals surface area contributed by atoms with Crippen molar-refractivity contribution in [1.82, 2.24) is 9.88 Å². The molecule has 26 heavy (non-hydrogen) atoms. The summed E-state index contributed by atoms with van der Waals surface area (Å²) in [6.45, 7) is 1.91. The lowest BCUT2D eigenvalue weighted by atomic mass is 10.1. The van der Waals surface area contributed by atoms with Crippen LogP contribution in [0.5, 0.6) is 5.75 Å². The third-order valence-corrected chi connectivity index (χ3v) is 4.82. The summed E-state index contributed by atoms with van der Waals surface area (Å²) in [4.78, 5) is 17.8. The zero-order valence-electron chi connectivity index (χ0n) is 14.7. The number of benzene rings is 2. The SMILES string of the molecule is NC1CCCN(C(=O)c2cc3ccc(OCc4ccccc4)cc3[nH]2)C1. The molecule has 2 aromatic carbocycles. The summed E-state index contributed by atoms with van der Waals surface area (Å²) in [5.74, 6) is 0.797. The van der Waals surface area contributed by atoms with Crippen molar-refractivity contribution in [2.45, 2.75) is 25.5 Å². The average Bonchev–Trinajstić information content (AvgIpc) is 3.10. The molecule has 5 nitrogen and oxygen atoms in total. The van der Waals surface area contributed by atoms with Gasteiger partial charge in [-0.1, -0.05) is 30.3 Å². The van der Waals surface area contributed by atoms with Crippen LogP contribution in [0.3, 0.4) is 0 Å². The van der Waals surface area contributed by atoms with Crippen LogP contribution in [0.15, 0.2) is 54.6 Å². The first kappa shape index (κ1) is 16.7. The van der Waals surface area contributed by atoms with E-state index < -0.39 is 0 Å². The molecule has 2 heterocycles. The van der Waals surface area contributed by atoms with Crippen LogP contribution >= 0.6 is 0 Å². The fourth-order valence-corrected chi connectivity index (χ4v) is 3.42. The van der Waals surface area contributed by atoms with Gasteiger partial charge in [0.15, 0.2) is 0 Å². The highest BCUT2D eigenvalue weighted by Gasteiger charge is 2.23. The Labute approximate surface area is 152 Å². The Morgan fingerprint density at radius 3 is 2.85 bits per heavy atom. The molecule has 1 saturated heterocycles. The van der Waals surface area contributed by atoms with Crippen molar-refractivity contribution in [3.63, 3.8) is 0 Å². The molecular weight excluding hydrogens is 326 g/mol. The Bertz CT molecular complexity index is 904. The third kappa shape index (κ3) is 3.58. The predicted octanol–water partition coefficient (Wildman–Crippen LogP) is 3.31. The van der Waals surface area contributed by atoms with E-state index in [9.17, 15) is 4.79 Å². The first-order valence-corrected chi connectivity index (χ1v) is 9.03. The van der Waals surface area contributed by atoms with Gasteiger partial charge in [0.05, 0.1) is 0 Å². The van der Waals surface area contributed by atoms with Crippen LogP contribution < -0.4 is 10.5 Å². The number of H-pyrrole nitrogens is 1. The molecule has 1 aliphatic heterocycles. The molecule has 3 aromatic rings. The molecule has 0 aliphatic carbocycles. The lowest BCUT2D eigenvalue weighted by Gasteiger charge is -2.30. The summed E-state index contributed by atoms with van der Waals surface area (Å²) in [6.07, 6.45) is 1.95. The second kappa shape index (κ2) is 7.22. The van der Waals surface area contributed by atoms with E-state index in [1.165, 1.54) is 0 Å². The van der Waals surface area contributed by atoms with Gasteiger partial charge in [0, 0.05) is 36.1 Å². The first-order valence-electron chi connectivity index (χ1n) is 9.03. The number of aromatic amines is 1. The minimum Gasteiger partial charge on any atom is -0.489 e. The Morgan fingerprint density at radius 1 is 1.19 bits per heavy atom. The van der Waals surface area contributed by atoms with Gasteiger partial charge in [-0.2, -0.15) is 0 Å². The summed E-state index contributed by atoms with van der Waals surface area (Å²) in [5.41, 5.74) is 8.63. The maximum Gasteiger partial charge on any atom is 0.270 e. The second-order valence-corrected chi connectivity index (χ2v) is 6.86. The zero-order chi connectivity index (χ0) is 17.9. The zero-order valence-corrected chi connectivity index (χ0v) is 14.7. The molecule has 1 atom stereocenters. The number of nitrogens with two attached hydrogens (primary N) is 1. The molecule has 1 unspecified atom stereocenters. The number of hydrogen-bond donors (Lipinski definition) is 2. The van der Waals surface area contributed by atoms with Gasteiger partial charge < -0.3 is 20.4 Å². The first-order chi connectivity index (χ1) is 12.7. The number of rotatable bonds is 4. The Morgan fingerprint density at radius 2 is 2.04 bits per heavy atom. The van der Waals surface area contributed by atoms with Crippen LogP contribution in [0.25, 0.3) is 10.9 Å². The lowest BCUT2D eigenvalue weighted by Crippen LogP contribution is -2.45. The number of fused-ring (bicyclic) bond motifs is 1. The largest absolute Gasteiger partial charge is 0.489 e. The quantitative estimate of drug-likeness (QED) is 0.759. The highest BCUT2D eigenvalue weighted by Crippen LogP contribution is 2.23. The number of carbonyl (C=O) groups is 1. The van der Waals surface area contributed by atoms with E-state index >= 15 is 0 Å². The highest BCUT2D eigenvalue weighted by atomic mass is 16.5. The topological polar surface area (TPSA) is 71.3 Å². The highest BCUT2D eigenvalue weighted by molar-refractivity contribution is 5.98. The Hall–Kier alpha value is -2.79. The molecule has 1 aromatic heterocycles.